The minimum atomic E-state index is -3.97. The number of hydrogen-bond acceptors (Lipinski definition) is 7. The van der Waals surface area contributed by atoms with Crippen molar-refractivity contribution in [2.45, 2.75) is 4.90 Å². The number of aromatic nitrogens is 1. The Hall–Kier alpha value is -4.12. The van der Waals surface area contributed by atoms with Crippen LogP contribution >= 0.6 is 0 Å². The molecule has 4 rings (SSSR count). The van der Waals surface area contributed by atoms with Crippen LogP contribution in [0.5, 0.6) is 0 Å². The van der Waals surface area contributed by atoms with Crippen molar-refractivity contribution in [1.82, 2.24) is 4.98 Å². The molecule has 0 saturated carbocycles. The summed E-state index contributed by atoms with van der Waals surface area (Å²) >= 11 is -0.265. The standard InChI is InChI=1S/C23H20N8O2SSe/c24-22(25)31-34(32,33)19-13-11-18(12-14-19)28-29-21-20(17-9-5-2-6-10-17)27-23(35-21)30-26-15-16-7-3-1-4-8-16/h1-15H,(H,27,30)(H4,24,25,31). The molecule has 4 aromatic rings. The van der Waals surface area contributed by atoms with Gasteiger partial charge in [0.25, 0.3) is 0 Å². The van der Waals surface area contributed by atoms with E-state index in [0.29, 0.717) is 20.6 Å². The maximum absolute atomic E-state index is 12.1. The van der Waals surface area contributed by atoms with Gasteiger partial charge in [-0.15, -0.1) is 0 Å². The first-order valence-electron chi connectivity index (χ1n) is 10.2. The van der Waals surface area contributed by atoms with Crippen LogP contribution in [0.1, 0.15) is 5.56 Å². The van der Waals surface area contributed by atoms with E-state index in [4.69, 9.17) is 11.5 Å². The normalized spacial score (nSPS) is 11.7. The van der Waals surface area contributed by atoms with Crippen LogP contribution in [-0.2, 0) is 10.0 Å². The van der Waals surface area contributed by atoms with E-state index < -0.39 is 16.0 Å². The molecule has 0 aliphatic carbocycles. The second kappa shape index (κ2) is 10.9. The molecule has 0 radical (unpaired) electrons. The molecule has 0 amide bonds. The second-order valence-corrected chi connectivity index (χ2v) is 10.7. The van der Waals surface area contributed by atoms with Crippen LogP contribution in [0, 0.1) is 0 Å². The quantitative estimate of drug-likeness (QED) is 0.0997. The van der Waals surface area contributed by atoms with Gasteiger partial charge in [0.15, 0.2) is 0 Å². The van der Waals surface area contributed by atoms with E-state index in [1.54, 1.807) is 6.21 Å². The van der Waals surface area contributed by atoms with Crippen LogP contribution in [0.25, 0.3) is 11.3 Å². The van der Waals surface area contributed by atoms with Crippen molar-refractivity contribution in [3.05, 3.63) is 90.5 Å². The molecule has 176 valence electrons. The summed E-state index contributed by atoms with van der Waals surface area (Å²) in [5, 5.41) is 13.0. The monoisotopic (exact) mass is 552 g/mol. The Morgan fingerprint density at radius 3 is 2.20 bits per heavy atom. The van der Waals surface area contributed by atoms with Gasteiger partial charge in [0.05, 0.1) is 0 Å². The number of nitrogens with two attached hydrogens (primary N) is 2. The molecule has 1 aromatic heterocycles. The third-order valence-corrected chi connectivity index (χ3v) is 7.54. The van der Waals surface area contributed by atoms with Gasteiger partial charge in [-0.1, -0.05) is 0 Å². The van der Waals surface area contributed by atoms with Gasteiger partial charge in [0.1, 0.15) is 0 Å². The summed E-state index contributed by atoms with van der Waals surface area (Å²) < 4.78 is 28.9. The number of hydrazone groups is 1. The van der Waals surface area contributed by atoms with Gasteiger partial charge in [0.2, 0.25) is 0 Å². The molecule has 0 aliphatic heterocycles. The zero-order valence-corrected chi connectivity index (χ0v) is 20.7. The molecule has 35 heavy (non-hydrogen) atoms. The molecule has 0 atom stereocenters. The van der Waals surface area contributed by atoms with Crippen molar-refractivity contribution < 1.29 is 8.42 Å². The van der Waals surface area contributed by atoms with Crippen molar-refractivity contribution in [2.75, 3.05) is 5.43 Å². The Morgan fingerprint density at radius 1 is 0.886 bits per heavy atom. The van der Waals surface area contributed by atoms with E-state index in [9.17, 15) is 8.42 Å². The molecule has 0 fully saturated rings. The van der Waals surface area contributed by atoms with Crippen LogP contribution in [-0.4, -0.2) is 40.1 Å². The zero-order chi connectivity index (χ0) is 24.7. The Kier molecular flexibility index (Phi) is 7.46. The van der Waals surface area contributed by atoms with Gasteiger partial charge in [-0.3, -0.25) is 0 Å². The van der Waals surface area contributed by atoms with E-state index in [0.717, 1.165) is 11.1 Å². The van der Waals surface area contributed by atoms with Crippen LogP contribution in [0.2, 0.25) is 0 Å². The average Bonchev–Trinajstić information content (AvgIpc) is 3.26. The summed E-state index contributed by atoms with van der Waals surface area (Å²) in [4.78, 5) is 4.63. The summed E-state index contributed by atoms with van der Waals surface area (Å²) in [7, 11) is -3.97. The fourth-order valence-corrected chi connectivity index (χ4v) is 5.35. The molecule has 10 nitrogen and oxygen atoms in total. The fourth-order valence-electron chi connectivity index (χ4n) is 2.89. The summed E-state index contributed by atoms with van der Waals surface area (Å²) in [6.07, 6.45) is 1.72. The molecule has 5 N–H and O–H groups in total. The number of benzene rings is 3. The number of sulfonamides is 1. The zero-order valence-electron chi connectivity index (χ0n) is 18.2. The summed E-state index contributed by atoms with van der Waals surface area (Å²) in [6.45, 7) is 0. The Bertz CT molecular complexity index is 1480. The van der Waals surface area contributed by atoms with Crippen LogP contribution in [0.3, 0.4) is 0 Å². The molecule has 0 bridgehead atoms. The van der Waals surface area contributed by atoms with Crippen molar-refractivity contribution in [1.29, 1.82) is 0 Å². The second-order valence-electron chi connectivity index (χ2n) is 7.00. The Balaban J connectivity index is 1.58. The summed E-state index contributed by atoms with van der Waals surface area (Å²) in [6, 6.07) is 25.2. The molecule has 0 saturated heterocycles. The maximum atomic E-state index is 12.1. The molecular weight excluding hydrogens is 531 g/mol. The van der Waals surface area contributed by atoms with Gasteiger partial charge < -0.3 is 0 Å². The molecule has 0 unspecified atom stereocenters. The summed E-state index contributed by atoms with van der Waals surface area (Å²) in [5.41, 5.74) is 16.4. The number of hydrogen-bond donors (Lipinski definition) is 3. The van der Waals surface area contributed by atoms with E-state index in [1.807, 2.05) is 60.7 Å². The van der Waals surface area contributed by atoms with Crippen molar-refractivity contribution >= 4 is 51.6 Å². The number of azo groups is 1. The van der Waals surface area contributed by atoms with Gasteiger partial charge in [0, 0.05) is 0 Å². The molecule has 0 spiro atoms. The summed E-state index contributed by atoms with van der Waals surface area (Å²) in [5.74, 6) is -0.532. The van der Waals surface area contributed by atoms with Crippen LogP contribution in [0.4, 0.5) is 14.9 Å². The SMILES string of the molecule is NC(N)=NS(=O)(=O)c1ccc(N=Nc2[se]c(NN=Cc3ccccc3)nc2-c2ccccc2)cc1. The Morgan fingerprint density at radius 2 is 1.54 bits per heavy atom. The van der Waals surface area contributed by atoms with E-state index >= 15 is 0 Å². The topological polar surface area (TPSA) is 161 Å². The molecular formula is C23H20N8O2SSe. The molecule has 12 heteroatoms. The van der Waals surface area contributed by atoms with Crippen LogP contribution < -0.4 is 16.9 Å². The molecule has 3 aromatic carbocycles. The number of anilines is 1. The van der Waals surface area contributed by atoms with Crippen molar-refractivity contribution in [3.8, 4) is 11.3 Å². The third-order valence-electron chi connectivity index (χ3n) is 4.45. The predicted molar refractivity (Wildman–Crippen MR) is 138 cm³/mol. The minimum absolute atomic E-state index is 0.0507. The first kappa shape index (κ1) is 24.0. The van der Waals surface area contributed by atoms with E-state index in [2.05, 4.69) is 30.1 Å². The van der Waals surface area contributed by atoms with Gasteiger partial charge in [-0.25, -0.2) is 0 Å². The number of nitrogens with one attached hydrogen (secondary N) is 1. The first-order valence-corrected chi connectivity index (χ1v) is 13.3. The average molecular weight is 551 g/mol. The van der Waals surface area contributed by atoms with Gasteiger partial charge in [-0.05, 0) is 0 Å². The van der Waals surface area contributed by atoms with E-state index in [1.165, 1.54) is 24.3 Å². The van der Waals surface area contributed by atoms with Crippen molar-refractivity contribution in [2.24, 2.45) is 31.2 Å². The van der Waals surface area contributed by atoms with Gasteiger partial charge in [-0.2, -0.15) is 0 Å². The molecule has 0 aliphatic rings. The van der Waals surface area contributed by atoms with Crippen molar-refractivity contribution in [3.63, 3.8) is 0 Å². The Labute approximate surface area is 208 Å². The van der Waals surface area contributed by atoms with Gasteiger partial charge >= 0.3 is 208 Å². The van der Waals surface area contributed by atoms with E-state index in [-0.39, 0.29) is 19.4 Å². The predicted octanol–water partition coefficient (Wildman–Crippen LogP) is 3.63. The molecule has 1 heterocycles. The number of guanidine groups is 1. The number of nitrogens with zero attached hydrogens (tertiary/aromatic N) is 5. The third kappa shape index (κ3) is 6.48. The van der Waals surface area contributed by atoms with Crippen LogP contribution in [0.15, 0.2) is 110 Å². The first-order chi connectivity index (χ1) is 16.9. The fraction of sp³-hybridized carbons (Fsp3) is 0. The number of rotatable bonds is 8.